The number of rotatable bonds is 10. The Kier molecular flexibility index (Phi) is 15.1. The fourth-order valence-corrected chi connectivity index (χ4v) is 18.1. The minimum absolute atomic E-state index is 0.0190. The van der Waals surface area contributed by atoms with Gasteiger partial charge in [0.15, 0.2) is 28.5 Å². The topological polar surface area (TPSA) is 214 Å². The molecule has 14 bridgehead atoms. The third-order valence-corrected chi connectivity index (χ3v) is 22.5. The minimum Gasteiger partial charge on any atom is -0.508 e. The fourth-order valence-electron chi connectivity index (χ4n) is 18.1. The number of piperazine rings is 1. The van der Waals surface area contributed by atoms with Crippen LogP contribution in [0.2, 0.25) is 0 Å². The molecule has 4 aliphatic carbocycles. The van der Waals surface area contributed by atoms with Crippen LogP contribution in [0.5, 0.6) is 23.0 Å². The third kappa shape index (κ3) is 9.98. The minimum atomic E-state index is -0.906. The lowest BCUT2D eigenvalue weighted by molar-refractivity contribution is 0.152. The summed E-state index contributed by atoms with van der Waals surface area (Å²) in [5, 5.41) is 37.8. The van der Waals surface area contributed by atoms with Crippen LogP contribution in [-0.4, -0.2) is 84.5 Å². The molecule has 5 aliphatic heterocycles. The van der Waals surface area contributed by atoms with Gasteiger partial charge >= 0.3 is 0 Å². The highest BCUT2D eigenvalue weighted by Gasteiger charge is 2.63. The number of aliphatic hydroxyl groups is 2. The number of aromatic hydroxyl groups is 1. The summed E-state index contributed by atoms with van der Waals surface area (Å²) in [5.41, 5.74) is 23.2. The number of nitrogens with one attached hydrogen (secondary N) is 2. The summed E-state index contributed by atoms with van der Waals surface area (Å²) in [6, 6.07) is 43.7. The number of hydrogen-bond donors (Lipinski definition) is 7. The number of anilines is 1. The number of H-pyrrole nitrogens is 1. The molecule has 4 fully saturated rings. The van der Waals surface area contributed by atoms with Crippen molar-refractivity contribution in [3.05, 3.63) is 200 Å². The van der Waals surface area contributed by atoms with Gasteiger partial charge in [-0.3, -0.25) is 4.79 Å². The number of guanidine groups is 1. The number of nitrogens with two attached hydrogens (primary N) is 2. The molecule has 3 saturated carbocycles. The van der Waals surface area contributed by atoms with Crippen LogP contribution < -0.4 is 41.3 Å². The monoisotopic (exact) mass is 1250 g/mol. The molecule has 9 N–H and O–H groups in total. The van der Waals surface area contributed by atoms with E-state index in [-0.39, 0.29) is 101 Å². The molecule has 7 heterocycles. The molecule has 14 nitrogen and oxygen atoms in total. The molecule has 0 amide bonds. The zero-order valence-corrected chi connectivity index (χ0v) is 53.0. The Hall–Kier alpha value is -9.44. The predicted molar refractivity (Wildman–Crippen MR) is 368 cm³/mol. The van der Waals surface area contributed by atoms with Gasteiger partial charge in [-0.25, -0.2) is 4.99 Å². The number of benzene rings is 6. The van der Waals surface area contributed by atoms with Crippen molar-refractivity contribution >= 4 is 40.6 Å². The van der Waals surface area contributed by atoms with Crippen LogP contribution in [0.4, 0.5) is 11.5 Å². The van der Waals surface area contributed by atoms with Crippen LogP contribution in [0.3, 0.4) is 0 Å². The van der Waals surface area contributed by atoms with Crippen LogP contribution in [0.15, 0.2) is 160 Å². The number of phenols is 1. The summed E-state index contributed by atoms with van der Waals surface area (Å²) < 4.78 is 27.8. The number of aliphatic imine (C=N–C) groups is 1. The molecule has 476 valence electrons. The first-order chi connectivity index (χ1) is 45.9. The van der Waals surface area contributed by atoms with E-state index in [9.17, 15) is 15.3 Å². The molecule has 1 saturated heterocycles. The standard InChI is InChI=1S/C80H78N6O8/c1-79-55-23-16-50(63(79)31-25-55)21-30-64-60-29-20-49-12-6-7-14-59(49)62(60)43-80(64)56-24-17-53(66(40-56)84-78(81)82)39-48(44-87)45-93-73-70(54-22-32-65-76(80)86(35-34-83-65)77-61(41-69(79)85-77)52-13-8-11-47(37-52)38-54)72-71(67(90)42-68(94-72)51-18-27-57(88)28-19-51)74(75(73)91-2)92-36-33-58(89)26-15-46-9-4-3-5-10-46/h3-15,17-20,24,26-29,37,40-42,48,50,54-55,58,60,62-65,76,83,85,87-89H,16,23,25,31,33-36,38-39,43-45H2,1-2H3,(H4,81,82,84). The highest BCUT2D eigenvalue weighted by atomic mass is 16.5. The molecule has 8 aromatic rings. The first-order valence-electron chi connectivity index (χ1n) is 33.5. The van der Waals surface area contributed by atoms with Crippen LogP contribution in [0, 0.1) is 59.2 Å². The molecule has 9 aliphatic rings. The summed E-state index contributed by atoms with van der Waals surface area (Å²) >= 11 is 0. The van der Waals surface area contributed by atoms with Gasteiger partial charge in [-0.15, -0.1) is 0 Å². The van der Waals surface area contributed by atoms with E-state index in [1.807, 2.05) is 36.4 Å². The fraction of sp³-hybridized carbons (Fsp3) is 0.350. The number of hydrogen-bond acceptors (Lipinski definition) is 11. The SMILES string of the molecule is COc1c2c(c3oc(-c4ccc(O)cc4)cc(=O)c3c1OCCC(O)C=Cc1ccccc1)C1C#CC3NCCN4c5[nH]c(cc5-c5cccc(c5)C1)C1(C)C5CCC(C#CC6C7C=Cc8ccccc8C7CC6(c6ccc(c(N=C(N)N)c6)CC(CO)CO2)C34)C1CC5. The van der Waals surface area contributed by atoms with E-state index in [1.54, 1.807) is 30.3 Å². The molecule has 13 unspecified atom stereocenters. The van der Waals surface area contributed by atoms with Gasteiger partial charge in [-0.2, -0.15) is 0 Å². The van der Waals surface area contributed by atoms with Gasteiger partial charge < -0.3 is 60.6 Å². The molecule has 0 radical (unpaired) electrons. The van der Waals surface area contributed by atoms with Gasteiger partial charge in [0.25, 0.3) is 0 Å². The lowest BCUT2D eigenvalue weighted by atomic mass is 9.60. The Balaban J connectivity index is 0.992. The van der Waals surface area contributed by atoms with Gasteiger partial charge in [-0.05, 0) is 144 Å². The summed E-state index contributed by atoms with van der Waals surface area (Å²) in [7, 11) is 1.53. The third-order valence-electron chi connectivity index (χ3n) is 22.5. The van der Waals surface area contributed by atoms with E-state index in [0.29, 0.717) is 54.6 Å². The number of nitrogens with zero attached hydrogens (tertiary/aromatic N) is 2. The van der Waals surface area contributed by atoms with Crippen molar-refractivity contribution in [2.24, 2.45) is 52.0 Å². The number of allylic oxidation sites excluding steroid dienone is 1. The van der Waals surface area contributed by atoms with Crippen molar-refractivity contribution in [1.29, 1.82) is 0 Å². The quantitative estimate of drug-likeness (QED) is 0.0387. The number of methoxy groups -OCH3 is 1. The molecule has 13 atom stereocenters. The first kappa shape index (κ1) is 59.6. The largest absolute Gasteiger partial charge is 0.508 e. The molecule has 2 aromatic heterocycles. The Bertz CT molecular complexity index is 4580. The van der Waals surface area contributed by atoms with Crippen molar-refractivity contribution in [3.63, 3.8) is 0 Å². The smallest absolute Gasteiger partial charge is 0.204 e. The van der Waals surface area contributed by atoms with E-state index in [0.717, 1.165) is 71.3 Å². The van der Waals surface area contributed by atoms with E-state index in [2.05, 4.69) is 131 Å². The Morgan fingerprint density at radius 3 is 2.57 bits per heavy atom. The van der Waals surface area contributed by atoms with E-state index in [4.69, 9.17) is 35.1 Å². The molecule has 94 heavy (non-hydrogen) atoms. The summed E-state index contributed by atoms with van der Waals surface area (Å²) in [5.74, 6) is 17.9. The van der Waals surface area contributed by atoms with Crippen LogP contribution in [0.1, 0.15) is 102 Å². The highest BCUT2D eigenvalue weighted by molar-refractivity contribution is 5.94. The lowest BCUT2D eigenvalue weighted by Gasteiger charge is -2.53. The molecule has 6 aromatic carbocycles. The number of aliphatic hydroxyl groups excluding tert-OH is 2. The number of ether oxygens (including phenoxy) is 3. The van der Waals surface area contributed by atoms with Crippen molar-refractivity contribution < 1.29 is 33.9 Å². The van der Waals surface area contributed by atoms with Crippen LogP contribution >= 0.6 is 0 Å². The summed E-state index contributed by atoms with van der Waals surface area (Å²) in [6.45, 7) is 3.42. The van der Waals surface area contributed by atoms with Gasteiger partial charge in [0.1, 0.15) is 22.7 Å². The second kappa shape index (κ2) is 23.8. The second-order valence-corrected chi connectivity index (χ2v) is 27.5. The second-order valence-electron chi connectivity index (χ2n) is 27.5. The van der Waals surface area contributed by atoms with Gasteiger partial charge in [-0.1, -0.05) is 146 Å². The van der Waals surface area contributed by atoms with Crippen molar-refractivity contribution in [2.75, 3.05) is 44.9 Å². The van der Waals surface area contributed by atoms with Crippen LogP contribution in [-0.2, 0) is 23.7 Å². The average molecular weight is 1250 g/mol. The Morgan fingerprint density at radius 2 is 1.73 bits per heavy atom. The Labute approximate surface area is 547 Å². The first-order valence-corrected chi connectivity index (χ1v) is 33.5. The molecule has 17 rings (SSSR count). The van der Waals surface area contributed by atoms with Gasteiger partial charge in [0.05, 0.1) is 55.7 Å². The number of aromatic nitrogens is 1. The lowest BCUT2D eigenvalue weighted by Crippen LogP contribution is -2.67. The van der Waals surface area contributed by atoms with Crippen molar-refractivity contribution in [2.45, 2.75) is 99.1 Å². The molecular formula is C80H78N6O8. The van der Waals surface area contributed by atoms with Crippen LogP contribution in [0.25, 0.3) is 45.6 Å². The molecular weight excluding hydrogens is 1170 g/mol. The molecule has 14 heteroatoms. The maximum Gasteiger partial charge on any atom is 0.204 e. The van der Waals surface area contributed by atoms with E-state index >= 15 is 4.79 Å². The average Bonchev–Trinajstić information content (AvgIpc) is 1.49. The Morgan fingerprint density at radius 1 is 0.894 bits per heavy atom. The zero-order valence-electron chi connectivity index (χ0n) is 53.0. The summed E-state index contributed by atoms with van der Waals surface area (Å²) in [6.07, 6.45) is 13.4. The normalized spacial score (nSPS) is 27.6. The van der Waals surface area contributed by atoms with E-state index in [1.165, 1.54) is 30.0 Å². The summed E-state index contributed by atoms with van der Waals surface area (Å²) in [4.78, 5) is 27.5. The predicted octanol–water partition coefficient (Wildman–Crippen LogP) is 12.0. The maximum absolute atomic E-state index is 15.5. The van der Waals surface area contributed by atoms with Crippen molar-refractivity contribution in [3.8, 4) is 69.1 Å². The number of aromatic amines is 1. The van der Waals surface area contributed by atoms with E-state index < -0.39 is 40.9 Å². The highest BCUT2D eigenvalue weighted by Crippen LogP contribution is 2.64. The zero-order chi connectivity index (χ0) is 64.0. The van der Waals surface area contributed by atoms with Gasteiger partial charge in [0.2, 0.25) is 5.75 Å². The number of phenolic OH excluding ortho intramolecular Hbond substituents is 1. The number of fused-ring (bicyclic) bond motifs is 14. The van der Waals surface area contributed by atoms with Gasteiger partial charge in [0, 0.05) is 77.6 Å². The van der Waals surface area contributed by atoms with Crippen molar-refractivity contribution in [1.82, 2.24) is 10.3 Å². The maximum atomic E-state index is 15.5. The molecule has 1 spiro atoms.